The first-order valence-corrected chi connectivity index (χ1v) is 7.70. The lowest BCUT2D eigenvalue weighted by Gasteiger charge is -2.09. The Hall–Kier alpha value is -1.39. The molecule has 0 atom stereocenters. The Morgan fingerprint density at radius 2 is 2.14 bits per heavy atom. The molecular formula is C15H19Cl2N3O. The first kappa shape index (κ1) is 16.0. The van der Waals surface area contributed by atoms with E-state index >= 15 is 0 Å². The lowest BCUT2D eigenvalue weighted by Crippen LogP contribution is -2.01. The second-order valence-corrected chi connectivity index (χ2v) is 5.52. The molecule has 0 saturated carbocycles. The molecular weight excluding hydrogens is 309 g/mol. The van der Waals surface area contributed by atoms with Crippen LogP contribution in [0.4, 0.5) is 5.69 Å². The molecule has 2 N–H and O–H groups in total. The van der Waals surface area contributed by atoms with E-state index in [4.69, 9.17) is 27.9 Å². The monoisotopic (exact) mass is 327 g/mol. The van der Waals surface area contributed by atoms with E-state index in [1.54, 1.807) is 13.2 Å². The summed E-state index contributed by atoms with van der Waals surface area (Å²) in [5.74, 6) is 1.68. The average molecular weight is 328 g/mol. The Bertz CT molecular complexity index is 599. The van der Waals surface area contributed by atoms with Crippen molar-refractivity contribution in [3.05, 3.63) is 39.9 Å². The third-order valence-corrected chi connectivity index (χ3v) is 3.82. The van der Waals surface area contributed by atoms with Gasteiger partial charge < -0.3 is 15.0 Å². The summed E-state index contributed by atoms with van der Waals surface area (Å²) in [5, 5.41) is 4.39. The molecule has 1 heterocycles. The fourth-order valence-electron chi connectivity index (χ4n) is 1.97. The number of benzene rings is 1. The van der Waals surface area contributed by atoms with Gasteiger partial charge in [-0.3, -0.25) is 0 Å². The van der Waals surface area contributed by atoms with Crippen LogP contribution in [0.2, 0.25) is 10.2 Å². The van der Waals surface area contributed by atoms with E-state index < -0.39 is 0 Å². The number of unbranched alkanes of at least 4 members (excludes halogenated alkanes) is 1. The SMILES string of the molecule is CCCCc1nc(Cl)c(CNc2cc(OC)ccc2Cl)[nH]1. The third-order valence-electron chi connectivity index (χ3n) is 3.17. The molecule has 2 rings (SSSR count). The van der Waals surface area contributed by atoms with Crippen LogP contribution in [0.15, 0.2) is 18.2 Å². The van der Waals surface area contributed by atoms with Crippen molar-refractivity contribution in [2.24, 2.45) is 0 Å². The molecule has 4 nitrogen and oxygen atoms in total. The summed E-state index contributed by atoms with van der Waals surface area (Å²) < 4.78 is 5.19. The summed E-state index contributed by atoms with van der Waals surface area (Å²) >= 11 is 12.3. The molecule has 0 fully saturated rings. The smallest absolute Gasteiger partial charge is 0.152 e. The van der Waals surface area contributed by atoms with Crippen molar-refractivity contribution >= 4 is 28.9 Å². The molecule has 0 saturated heterocycles. The van der Waals surface area contributed by atoms with Crippen molar-refractivity contribution in [1.29, 1.82) is 0 Å². The maximum atomic E-state index is 6.16. The van der Waals surface area contributed by atoms with Crippen LogP contribution in [0.5, 0.6) is 5.75 Å². The number of halogens is 2. The number of aromatic nitrogens is 2. The number of H-pyrrole nitrogens is 1. The van der Waals surface area contributed by atoms with Gasteiger partial charge in [-0.05, 0) is 18.6 Å². The zero-order chi connectivity index (χ0) is 15.2. The van der Waals surface area contributed by atoms with Crippen molar-refractivity contribution in [1.82, 2.24) is 9.97 Å². The Labute approximate surface area is 134 Å². The van der Waals surface area contributed by atoms with Gasteiger partial charge in [0.25, 0.3) is 0 Å². The normalized spacial score (nSPS) is 10.7. The minimum atomic E-state index is 0.507. The van der Waals surface area contributed by atoms with Crippen molar-refractivity contribution in [3.8, 4) is 5.75 Å². The predicted molar refractivity (Wildman–Crippen MR) is 87.5 cm³/mol. The van der Waals surface area contributed by atoms with Crippen LogP contribution < -0.4 is 10.1 Å². The number of aryl methyl sites for hydroxylation is 1. The zero-order valence-corrected chi connectivity index (χ0v) is 13.7. The quantitative estimate of drug-likeness (QED) is 0.776. The van der Waals surface area contributed by atoms with Gasteiger partial charge in [-0.25, -0.2) is 4.98 Å². The minimum absolute atomic E-state index is 0.507. The van der Waals surface area contributed by atoms with Crippen molar-refractivity contribution < 1.29 is 4.74 Å². The van der Waals surface area contributed by atoms with Crippen LogP contribution in [-0.4, -0.2) is 17.1 Å². The summed E-state index contributed by atoms with van der Waals surface area (Å²) in [6.45, 7) is 2.68. The molecule has 1 aromatic carbocycles. The molecule has 114 valence electrons. The fraction of sp³-hybridized carbons (Fsp3) is 0.400. The molecule has 0 radical (unpaired) electrons. The number of methoxy groups -OCH3 is 1. The van der Waals surface area contributed by atoms with Gasteiger partial charge in [-0.15, -0.1) is 0 Å². The molecule has 21 heavy (non-hydrogen) atoms. The van der Waals surface area contributed by atoms with E-state index in [1.165, 1.54) is 0 Å². The number of imidazole rings is 1. The van der Waals surface area contributed by atoms with Gasteiger partial charge in [0.1, 0.15) is 11.6 Å². The van der Waals surface area contributed by atoms with E-state index in [0.717, 1.165) is 42.2 Å². The summed E-state index contributed by atoms with van der Waals surface area (Å²) in [6, 6.07) is 5.47. The van der Waals surface area contributed by atoms with Crippen LogP contribution in [0.3, 0.4) is 0 Å². The molecule has 0 aliphatic carbocycles. The van der Waals surface area contributed by atoms with E-state index in [0.29, 0.717) is 16.7 Å². The first-order chi connectivity index (χ1) is 10.1. The summed E-state index contributed by atoms with van der Waals surface area (Å²) in [7, 11) is 1.62. The molecule has 0 unspecified atom stereocenters. The molecule has 0 amide bonds. The zero-order valence-electron chi connectivity index (χ0n) is 12.2. The van der Waals surface area contributed by atoms with Crippen molar-refractivity contribution in [2.75, 3.05) is 12.4 Å². The number of aromatic amines is 1. The summed E-state index contributed by atoms with van der Waals surface area (Å²) in [5.41, 5.74) is 1.67. The largest absolute Gasteiger partial charge is 0.497 e. The van der Waals surface area contributed by atoms with E-state index in [1.807, 2.05) is 12.1 Å². The second kappa shape index (κ2) is 7.57. The van der Waals surface area contributed by atoms with E-state index in [2.05, 4.69) is 22.2 Å². The predicted octanol–water partition coefficient (Wildman–Crippen LogP) is 4.68. The number of hydrogen-bond donors (Lipinski definition) is 2. The van der Waals surface area contributed by atoms with Crippen molar-refractivity contribution in [3.63, 3.8) is 0 Å². The fourth-order valence-corrected chi connectivity index (χ4v) is 2.37. The number of hydrogen-bond acceptors (Lipinski definition) is 3. The number of anilines is 1. The molecule has 6 heteroatoms. The third kappa shape index (κ3) is 4.29. The highest BCUT2D eigenvalue weighted by atomic mass is 35.5. The van der Waals surface area contributed by atoms with Crippen LogP contribution in [0.1, 0.15) is 31.3 Å². The molecule has 1 aromatic heterocycles. The molecule has 0 aliphatic rings. The molecule has 0 spiro atoms. The number of rotatable bonds is 7. The van der Waals surface area contributed by atoms with Crippen LogP contribution in [-0.2, 0) is 13.0 Å². The van der Waals surface area contributed by atoms with Gasteiger partial charge in [0.15, 0.2) is 5.15 Å². The molecule has 2 aromatic rings. The van der Waals surface area contributed by atoms with Crippen LogP contribution >= 0.6 is 23.2 Å². The number of nitrogens with one attached hydrogen (secondary N) is 2. The Kier molecular flexibility index (Phi) is 5.76. The van der Waals surface area contributed by atoms with Gasteiger partial charge in [0.05, 0.1) is 30.1 Å². The van der Waals surface area contributed by atoms with Gasteiger partial charge in [-0.2, -0.15) is 0 Å². The van der Waals surface area contributed by atoms with Gasteiger partial charge in [0.2, 0.25) is 0 Å². The average Bonchev–Trinajstić information content (AvgIpc) is 2.84. The van der Waals surface area contributed by atoms with Gasteiger partial charge >= 0.3 is 0 Å². The highest BCUT2D eigenvalue weighted by Gasteiger charge is 2.09. The highest BCUT2D eigenvalue weighted by molar-refractivity contribution is 6.33. The van der Waals surface area contributed by atoms with E-state index in [-0.39, 0.29) is 0 Å². The molecule has 0 bridgehead atoms. The van der Waals surface area contributed by atoms with Crippen molar-refractivity contribution in [2.45, 2.75) is 32.7 Å². The Balaban J connectivity index is 2.04. The highest BCUT2D eigenvalue weighted by Crippen LogP contribution is 2.27. The Morgan fingerprint density at radius 1 is 1.33 bits per heavy atom. The summed E-state index contributed by atoms with van der Waals surface area (Å²) in [4.78, 5) is 7.58. The maximum Gasteiger partial charge on any atom is 0.152 e. The number of nitrogens with zero attached hydrogens (tertiary/aromatic N) is 1. The van der Waals surface area contributed by atoms with Crippen LogP contribution in [0, 0.1) is 0 Å². The van der Waals surface area contributed by atoms with E-state index in [9.17, 15) is 0 Å². The first-order valence-electron chi connectivity index (χ1n) is 6.94. The van der Waals surface area contributed by atoms with Gasteiger partial charge in [0, 0.05) is 12.5 Å². The van der Waals surface area contributed by atoms with Crippen LogP contribution in [0.25, 0.3) is 0 Å². The summed E-state index contributed by atoms with van der Waals surface area (Å²) in [6.07, 6.45) is 3.14. The topological polar surface area (TPSA) is 49.9 Å². The number of ether oxygens (including phenoxy) is 1. The lowest BCUT2D eigenvalue weighted by molar-refractivity contribution is 0.415. The molecule has 0 aliphatic heterocycles. The standard InChI is InChI=1S/C15H19Cl2N3O/c1-3-4-5-14-19-13(15(17)20-14)9-18-12-8-10(21-2)6-7-11(12)16/h6-8,18H,3-5,9H2,1-2H3,(H,19,20). The second-order valence-electron chi connectivity index (χ2n) is 4.76. The lowest BCUT2D eigenvalue weighted by atomic mass is 10.2. The van der Waals surface area contributed by atoms with Gasteiger partial charge in [-0.1, -0.05) is 36.5 Å². The maximum absolute atomic E-state index is 6.16. The Morgan fingerprint density at radius 3 is 2.86 bits per heavy atom. The minimum Gasteiger partial charge on any atom is -0.497 e.